The Kier molecular flexibility index (Phi) is 2.62. The fourth-order valence-corrected chi connectivity index (χ4v) is 2.62. The highest BCUT2D eigenvalue weighted by atomic mass is 32.1. The van der Waals surface area contributed by atoms with Crippen LogP contribution in [0.15, 0.2) is 27.4 Å². The minimum atomic E-state index is 0.421. The van der Waals surface area contributed by atoms with Gasteiger partial charge in [0.05, 0.1) is 0 Å². The third-order valence-electron chi connectivity index (χ3n) is 2.12. The number of aromatic nitrogens is 3. The Hall–Kier alpha value is -1.73. The van der Waals surface area contributed by atoms with Gasteiger partial charge in [-0.25, -0.2) is 4.98 Å². The van der Waals surface area contributed by atoms with Crippen molar-refractivity contribution in [3.8, 4) is 11.6 Å². The lowest BCUT2D eigenvalue weighted by Gasteiger charge is -1.87. The van der Waals surface area contributed by atoms with Crippen LogP contribution in [0, 0.1) is 0 Å². The first-order chi connectivity index (χ1) is 8.31. The van der Waals surface area contributed by atoms with E-state index in [1.54, 1.807) is 16.7 Å². The molecule has 0 aliphatic heterocycles. The molecule has 5 nitrogen and oxygen atoms in total. The molecule has 0 atom stereocenters. The monoisotopic (exact) mass is 264 g/mol. The molecule has 0 bridgehead atoms. The molecule has 3 rings (SSSR count). The number of hydrogen-bond donors (Lipinski definition) is 1. The van der Waals surface area contributed by atoms with Gasteiger partial charge in [0.15, 0.2) is 11.0 Å². The van der Waals surface area contributed by atoms with E-state index in [9.17, 15) is 0 Å². The molecule has 86 valence electrons. The van der Waals surface area contributed by atoms with E-state index in [2.05, 4.69) is 15.1 Å². The van der Waals surface area contributed by atoms with E-state index in [0.29, 0.717) is 29.0 Å². The van der Waals surface area contributed by atoms with Crippen molar-refractivity contribution in [2.45, 2.75) is 6.42 Å². The molecule has 2 N–H and O–H groups in total. The van der Waals surface area contributed by atoms with Crippen LogP contribution in [-0.4, -0.2) is 15.1 Å². The summed E-state index contributed by atoms with van der Waals surface area (Å²) in [5.74, 6) is 1.08. The molecule has 0 aromatic carbocycles. The number of hydrogen-bond acceptors (Lipinski definition) is 7. The summed E-state index contributed by atoms with van der Waals surface area (Å²) < 4.78 is 5.14. The van der Waals surface area contributed by atoms with Crippen LogP contribution >= 0.6 is 22.7 Å². The summed E-state index contributed by atoms with van der Waals surface area (Å²) in [5.41, 5.74) is 6.19. The quantitative estimate of drug-likeness (QED) is 0.786. The van der Waals surface area contributed by atoms with Crippen LogP contribution in [-0.2, 0) is 6.42 Å². The highest BCUT2D eigenvalue weighted by Crippen LogP contribution is 2.22. The second-order valence-electron chi connectivity index (χ2n) is 3.34. The number of rotatable bonds is 3. The van der Waals surface area contributed by atoms with Crippen LogP contribution in [0.5, 0.6) is 0 Å². The van der Waals surface area contributed by atoms with Crippen LogP contribution in [0.4, 0.5) is 5.13 Å². The number of nitrogens with two attached hydrogens (primary N) is 1. The van der Waals surface area contributed by atoms with E-state index in [0.717, 1.165) is 0 Å². The summed E-state index contributed by atoms with van der Waals surface area (Å²) in [6.45, 7) is 0. The summed E-state index contributed by atoms with van der Waals surface area (Å²) in [6, 6.07) is 4.05. The molecule has 0 spiro atoms. The van der Waals surface area contributed by atoms with Gasteiger partial charge in [-0.3, -0.25) is 0 Å². The first kappa shape index (κ1) is 10.4. The van der Waals surface area contributed by atoms with Crippen molar-refractivity contribution in [1.29, 1.82) is 0 Å². The molecule has 0 amide bonds. The van der Waals surface area contributed by atoms with Gasteiger partial charge in [0.1, 0.15) is 5.69 Å². The predicted molar refractivity (Wildman–Crippen MR) is 66.9 cm³/mol. The Morgan fingerprint density at radius 2 is 2.24 bits per heavy atom. The van der Waals surface area contributed by atoms with Gasteiger partial charge in [0, 0.05) is 16.7 Å². The van der Waals surface area contributed by atoms with Crippen molar-refractivity contribution in [3.05, 3.63) is 33.6 Å². The minimum absolute atomic E-state index is 0.421. The summed E-state index contributed by atoms with van der Waals surface area (Å²) in [4.78, 5) is 9.58. The Morgan fingerprint density at radius 3 is 2.94 bits per heavy atom. The van der Waals surface area contributed by atoms with Gasteiger partial charge in [0.2, 0.25) is 0 Å². The van der Waals surface area contributed by atoms with E-state index in [4.69, 9.17) is 10.3 Å². The number of nitrogen functional groups attached to an aromatic ring is 1. The van der Waals surface area contributed by atoms with Crippen LogP contribution in [0.25, 0.3) is 11.6 Å². The van der Waals surface area contributed by atoms with Crippen molar-refractivity contribution in [2.75, 3.05) is 5.73 Å². The molecule has 17 heavy (non-hydrogen) atoms. The van der Waals surface area contributed by atoms with Crippen LogP contribution in [0.2, 0.25) is 0 Å². The normalized spacial score (nSPS) is 10.8. The summed E-state index contributed by atoms with van der Waals surface area (Å²) in [5, 5.41) is 8.25. The van der Waals surface area contributed by atoms with E-state index in [1.165, 1.54) is 16.2 Å². The fourth-order valence-electron chi connectivity index (χ4n) is 1.38. The Balaban J connectivity index is 1.83. The van der Waals surface area contributed by atoms with Gasteiger partial charge in [-0.1, -0.05) is 11.2 Å². The van der Waals surface area contributed by atoms with Crippen LogP contribution < -0.4 is 5.73 Å². The number of anilines is 1. The second-order valence-corrected chi connectivity index (χ2v) is 5.26. The molecule has 3 aromatic heterocycles. The molecule has 0 radical (unpaired) electrons. The topological polar surface area (TPSA) is 77.8 Å². The van der Waals surface area contributed by atoms with Crippen molar-refractivity contribution in [3.63, 3.8) is 0 Å². The second kappa shape index (κ2) is 4.27. The SMILES string of the molecule is Nc1nc(-c2nc(Cc3cccs3)no2)cs1. The van der Waals surface area contributed by atoms with E-state index < -0.39 is 0 Å². The molecule has 3 heterocycles. The highest BCUT2D eigenvalue weighted by molar-refractivity contribution is 7.13. The molecule has 7 heteroatoms. The molecular formula is C10H8N4OS2. The predicted octanol–water partition coefficient (Wildman–Crippen LogP) is 2.43. The van der Waals surface area contributed by atoms with Gasteiger partial charge in [-0.05, 0) is 11.4 Å². The average molecular weight is 264 g/mol. The summed E-state index contributed by atoms with van der Waals surface area (Å²) >= 11 is 3.03. The van der Waals surface area contributed by atoms with Crippen molar-refractivity contribution in [2.24, 2.45) is 0 Å². The maximum Gasteiger partial charge on any atom is 0.277 e. The zero-order chi connectivity index (χ0) is 11.7. The van der Waals surface area contributed by atoms with Crippen LogP contribution in [0.1, 0.15) is 10.7 Å². The number of thiazole rings is 1. The van der Waals surface area contributed by atoms with Crippen molar-refractivity contribution in [1.82, 2.24) is 15.1 Å². The molecule has 0 saturated heterocycles. The van der Waals surface area contributed by atoms with Gasteiger partial charge >= 0.3 is 0 Å². The summed E-state index contributed by atoms with van der Waals surface area (Å²) in [7, 11) is 0. The van der Waals surface area contributed by atoms with Crippen molar-refractivity contribution < 1.29 is 4.52 Å². The minimum Gasteiger partial charge on any atom is -0.375 e. The largest absolute Gasteiger partial charge is 0.375 e. The average Bonchev–Trinajstić information content (AvgIpc) is 2.99. The molecule has 0 unspecified atom stereocenters. The standard InChI is InChI=1S/C10H8N4OS2/c11-10-12-7(5-17-10)9-13-8(14-15-9)4-6-2-1-3-16-6/h1-3,5H,4H2,(H2,11,12). The zero-order valence-corrected chi connectivity index (χ0v) is 10.3. The maximum absolute atomic E-state index is 5.55. The molecule has 0 aliphatic rings. The molecule has 0 saturated carbocycles. The van der Waals surface area contributed by atoms with Crippen molar-refractivity contribution >= 4 is 27.8 Å². The Morgan fingerprint density at radius 1 is 1.29 bits per heavy atom. The van der Waals surface area contributed by atoms with Crippen LogP contribution in [0.3, 0.4) is 0 Å². The van der Waals surface area contributed by atoms with Gasteiger partial charge < -0.3 is 10.3 Å². The third-order valence-corrected chi connectivity index (χ3v) is 3.67. The number of nitrogens with zero attached hydrogens (tertiary/aromatic N) is 3. The molecular weight excluding hydrogens is 256 g/mol. The third kappa shape index (κ3) is 2.20. The zero-order valence-electron chi connectivity index (χ0n) is 8.66. The lowest BCUT2D eigenvalue weighted by atomic mass is 10.3. The van der Waals surface area contributed by atoms with E-state index >= 15 is 0 Å². The highest BCUT2D eigenvalue weighted by Gasteiger charge is 2.12. The first-order valence-corrected chi connectivity index (χ1v) is 6.63. The van der Waals surface area contributed by atoms with E-state index in [-0.39, 0.29) is 0 Å². The number of thiophene rings is 1. The van der Waals surface area contributed by atoms with Gasteiger partial charge in [0.25, 0.3) is 5.89 Å². The maximum atomic E-state index is 5.55. The molecule has 0 aliphatic carbocycles. The summed E-state index contributed by atoms with van der Waals surface area (Å²) in [6.07, 6.45) is 0.681. The van der Waals surface area contributed by atoms with E-state index in [1.807, 2.05) is 17.5 Å². The Labute approximate surface area is 105 Å². The van der Waals surface area contributed by atoms with Gasteiger partial charge in [-0.2, -0.15) is 4.98 Å². The smallest absolute Gasteiger partial charge is 0.277 e. The lowest BCUT2D eigenvalue weighted by Crippen LogP contribution is -1.87. The lowest BCUT2D eigenvalue weighted by molar-refractivity contribution is 0.423. The van der Waals surface area contributed by atoms with Gasteiger partial charge in [-0.15, -0.1) is 22.7 Å². The molecule has 0 fully saturated rings. The fraction of sp³-hybridized carbons (Fsp3) is 0.100. The Bertz CT molecular complexity index is 614. The first-order valence-electron chi connectivity index (χ1n) is 4.87. The molecule has 3 aromatic rings.